The van der Waals surface area contributed by atoms with E-state index in [1.54, 1.807) is 6.07 Å². The highest BCUT2D eigenvalue weighted by Crippen LogP contribution is 2.26. The largest absolute Gasteiger partial charge is 0.452 e. The van der Waals surface area contributed by atoms with Gasteiger partial charge in [0, 0.05) is 12.6 Å². The summed E-state index contributed by atoms with van der Waals surface area (Å²) in [6, 6.07) is 1.61. The number of carbonyl (C=O) groups excluding carboxylic acids is 1. The Kier molecular flexibility index (Phi) is 4.66. The topological polar surface area (TPSA) is 68.3 Å². The summed E-state index contributed by atoms with van der Waals surface area (Å²) in [4.78, 5) is 12.0. The maximum atomic E-state index is 12.0. The van der Waals surface area contributed by atoms with Crippen molar-refractivity contribution in [1.82, 2.24) is 5.32 Å². The fourth-order valence-corrected chi connectivity index (χ4v) is 2.81. The van der Waals surface area contributed by atoms with E-state index in [2.05, 4.69) is 5.32 Å². The van der Waals surface area contributed by atoms with Crippen LogP contribution in [0, 0.1) is 5.92 Å². The van der Waals surface area contributed by atoms with Crippen LogP contribution in [0.5, 0.6) is 0 Å². The summed E-state index contributed by atoms with van der Waals surface area (Å²) in [5, 5.41) is 3.10. The van der Waals surface area contributed by atoms with E-state index < -0.39 is 0 Å². The minimum Gasteiger partial charge on any atom is -0.452 e. The molecule has 1 unspecified atom stereocenters. The molecular weight excluding hydrogens is 252 g/mol. The Hall–Kier alpha value is -1.00. The van der Waals surface area contributed by atoms with Gasteiger partial charge in [0.1, 0.15) is 0 Å². The molecule has 1 atom stereocenters. The minimum absolute atomic E-state index is 0.0313. The number of nitrogens with one attached hydrogen (secondary N) is 1. The molecule has 0 spiro atoms. The standard InChI is InChI=1S/C13H19ClN2O2/c14-12-10(6-7-18-12)13(17)16-11(8-15)9-4-2-1-3-5-9/h6-7,9,11H,1-5,8,15H2,(H,16,17). The molecule has 5 heteroatoms. The molecule has 0 bridgehead atoms. The fraction of sp³-hybridized carbons (Fsp3) is 0.615. The molecule has 0 aliphatic heterocycles. The highest BCUT2D eigenvalue weighted by Gasteiger charge is 2.25. The summed E-state index contributed by atoms with van der Waals surface area (Å²) in [5.74, 6) is 0.285. The van der Waals surface area contributed by atoms with Crippen molar-refractivity contribution in [3.63, 3.8) is 0 Å². The van der Waals surface area contributed by atoms with E-state index in [1.165, 1.54) is 25.5 Å². The summed E-state index contributed by atoms with van der Waals surface area (Å²) in [7, 11) is 0. The molecule has 18 heavy (non-hydrogen) atoms. The van der Waals surface area contributed by atoms with Crippen LogP contribution >= 0.6 is 11.6 Å². The maximum absolute atomic E-state index is 12.0. The predicted molar refractivity (Wildman–Crippen MR) is 70.6 cm³/mol. The summed E-state index contributed by atoms with van der Waals surface area (Å²) in [6.07, 6.45) is 7.43. The molecule has 0 aromatic carbocycles. The van der Waals surface area contributed by atoms with Gasteiger partial charge in [-0.25, -0.2) is 0 Å². The molecule has 1 fully saturated rings. The number of furan rings is 1. The van der Waals surface area contributed by atoms with Crippen molar-refractivity contribution in [2.45, 2.75) is 38.1 Å². The van der Waals surface area contributed by atoms with E-state index in [1.807, 2.05) is 0 Å². The molecule has 0 radical (unpaired) electrons. The Morgan fingerprint density at radius 2 is 2.22 bits per heavy atom. The zero-order valence-corrected chi connectivity index (χ0v) is 11.1. The van der Waals surface area contributed by atoms with Gasteiger partial charge in [-0.3, -0.25) is 4.79 Å². The number of amides is 1. The fourth-order valence-electron chi connectivity index (χ4n) is 2.61. The molecule has 3 N–H and O–H groups in total. The molecule has 0 saturated heterocycles. The highest BCUT2D eigenvalue weighted by atomic mass is 35.5. The average molecular weight is 271 g/mol. The zero-order valence-electron chi connectivity index (χ0n) is 10.3. The third-order valence-electron chi connectivity index (χ3n) is 3.65. The first-order chi connectivity index (χ1) is 8.72. The van der Waals surface area contributed by atoms with Crippen LogP contribution in [-0.2, 0) is 0 Å². The van der Waals surface area contributed by atoms with Crippen LogP contribution in [0.3, 0.4) is 0 Å². The van der Waals surface area contributed by atoms with Gasteiger partial charge in [0.25, 0.3) is 5.91 Å². The normalized spacial score (nSPS) is 18.6. The first kappa shape index (κ1) is 13.4. The van der Waals surface area contributed by atoms with Gasteiger partial charge in [-0.15, -0.1) is 0 Å². The smallest absolute Gasteiger partial charge is 0.256 e. The average Bonchev–Trinajstić information content (AvgIpc) is 2.83. The second-order valence-corrected chi connectivity index (χ2v) is 5.17. The zero-order chi connectivity index (χ0) is 13.0. The Bertz CT molecular complexity index is 399. The van der Waals surface area contributed by atoms with Crippen LogP contribution in [0.15, 0.2) is 16.7 Å². The number of nitrogens with two attached hydrogens (primary N) is 1. The van der Waals surface area contributed by atoms with Crippen molar-refractivity contribution in [2.75, 3.05) is 6.54 Å². The van der Waals surface area contributed by atoms with Gasteiger partial charge >= 0.3 is 0 Å². The summed E-state index contributed by atoms with van der Waals surface area (Å²) in [6.45, 7) is 0.464. The first-order valence-corrected chi connectivity index (χ1v) is 6.84. The Labute approximate surface area is 112 Å². The Morgan fingerprint density at radius 3 is 2.78 bits per heavy atom. The van der Waals surface area contributed by atoms with Gasteiger partial charge in [0.2, 0.25) is 5.22 Å². The van der Waals surface area contributed by atoms with Crippen LogP contribution in [0.4, 0.5) is 0 Å². The molecule has 1 saturated carbocycles. The Balaban J connectivity index is 1.97. The van der Waals surface area contributed by atoms with Gasteiger partial charge in [-0.1, -0.05) is 19.3 Å². The van der Waals surface area contributed by atoms with Crippen molar-refractivity contribution >= 4 is 17.5 Å². The van der Waals surface area contributed by atoms with Gasteiger partial charge in [-0.05, 0) is 36.4 Å². The van der Waals surface area contributed by atoms with E-state index in [9.17, 15) is 4.79 Å². The maximum Gasteiger partial charge on any atom is 0.256 e. The predicted octanol–water partition coefficient (Wildman–Crippen LogP) is 2.57. The van der Waals surface area contributed by atoms with Gasteiger partial charge in [-0.2, -0.15) is 0 Å². The molecule has 100 valence electrons. The van der Waals surface area contributed by atoms with Crippen molar-refractivity contribution in [3.8, 4) is 0 Å². The lowest BCUT2D eigenvalue weighted by Crippen LogP contribution is -2.45. The van der Waals surface area contributed by atoms with Crippen molar-refractivity contribution in [3.05, 3.63) is 23.1 Å². The van der Waals surface area contributed by atoms with Gasteiger partial charge < -0.3 is 15.5 Å². The molecule has 4 nitrogen and oxygen atoms in total. The highest BCUT2D eigenvalue weighted by molar-refractivity contribution is 6.32. The molecule has 1 aromatic heterocycles. The first-order valence-electron chi connectivity index (χ1n) is 6.46. The minimum atomic E-state index is -0.199. The SMILES string of the molecule is NCC(NC(=O)c1ccoc1Cl)C1CCCCC1. The molecule has 1 heterocycles. The molecule has 1 aliphatic rings. The Morgan fingerprint density at radius 1 is 1.50 bits per heavy atom. The van der Waals surface area contributed by atoms with E-state index in [0.29, 0.717) is 18.0 Å². The summed E-state index contributed by atoms with van der Waals surface area (Å²) >= 11 is 5.79. The molecule has 1 aliphatic carbocycles. The van der Waals surface area contributed by atoms with Crippen LogP contribution in [-0.4, -0.2) is 18.5 Å². The van der Waals surface area contributed by atoms with Crippen molar-refractivity contribution < 1.29 is 9.21 Å². The number of hydrogen-bond acceptors (Lipinski definition) is 3. The van der Waals surface area contributed by atoms with E-state index in [0.717, 1.165) is 12.8 Å². The molecule has 2 rings (SSSR count). The lowest BCUT2D eigenvalue weighted by molar-refractivity contribution is 0.0915. The molecule has 1 amide bonds. The number of halogens is 1. The van der Waals surface area contributed by atoms with Crippen LogP contribution in [0.2, 0.25) is 5.22 Å². The third kappa shape index (κ3) is 3.06. The lowest BCUT2D eigenvalue weighted by Gasteiger charge is -2.29. The number of carbonyl (C=O) groups is 1. The second kappa shape index (κ2) is 6.25. The van der Waals surface area contributed by atoms with Crippen LogP contribution in [0.1, 0.15) is 42.5 Å². The summed E-state index contributed by atoms with van der Waals surface area (Å²) in [5.41, 5.74) is 6.15. The monoisotopic (exact) mass is 270 g/mol. The van der Waals surface area contributed by atoms with Crippen molar-refractivity contribution in [2.24, 2.45) is 11.7 Å². The quantitative estimate of drug-likeness (QED) is 0.884. The van der Waals surface area contributed by atoms with Gasteiger partial charge in [0.15, 0.2) is 0 Å². The second-order valence-electron chi connectivity index (χ2n) is 4.82. The van der Waals surface area contributed by atoms with E-state index >= 15 is 0 Å². The van der Waals surface area contributed by atoms with E-state index in [4.69, 9.17) is 21.8 Å². The van der Waals surface area contributed by atoms with Gasteiger partial charge in [0.05, 0.1) is 11.8 Å². The molecule has 1 aromatic rings. The van der Waals surface area contributed by atoms with Crippen molar-refractivity contribution in [1.29, 1.82) is 0 Å². The lowest BCUT2D eigenvalue weighted by atomic mass is 9.84. The van der Waals surface area contributed by atoms with Crippen LogP contribution < -0.4 is 11.1 Å². The van der Waals surface area contributed by atoms with E-state index in [-0.39, 0.29) is 17.2 Å². The van der Waals surface area contributed by atoms with Crippen LogP contribution in [0.25, 0.3) is 0 Å². The number of rotatable bonds is 4. The summed E-state index contributed by atoms with van der Waals surface area (Å²) < 4.78 is 4.92. The number of hydrogen-bond donors (Lipinski definition) is 2. The third-order valence-corrected chi connectivity index (χ3v) is 3.94. The molecular formula is C13H19ClN2O2.